The molecule has 0 spiro atoms. The number of benzene rings is 4. The van der Waals surface area contributed by atoms with Crippen molar-refractivity contribution >= 4 is 37.2 Å². The predicted molar refractivity (Wildman–Crippen MR) is 162 cm³/mol. The first-order valence-electron chi connectivity index (χ1n) is 10.6. The number of aromatic hydroxyl groups is 2. The summed E-state index contributed by atoms with van der Waals surface area (Å²) in [6, 6.07) is 35.1. The Kier molecular flexibility index (Phi) is 20.2. The van der Waals surface area contributed by atoms with Gasteiger partial charge in [0.15, 0.2) is 0 Å². The molecule has 5 heteroatoms. The van der Waals surface area contributed by atoms with Crippen LogP contribution in [0, 0.1) is 0 Å². The Balaban J connectivity index is 0.000000504. The molecule has 4 aromatic rings. The van der Waals surface area contributed by atoms with Gasteiger partial charge in [0.2, 0.25) is 0 Å². The molecule has 0 aliphatic rings. The maximum absolute atomic E-state index is 8.63. The first-order valence-corrected chi connectivity index (χ1v) is 23.1. The molecule has 4 rings (SSSR count). The van der Waals surface area contributed by atoms with Crippen molar-refractivity contribution in [3.05, 3.63) is 120 Å². The maximum atomic E-state index is 8.63. The monoisotopic (exact) mass is 795 g/mol. The van der Waals surface area contributed by atoms with E-state index < -0.39 is 0 Å². The summed E-state index contributed by atoms with van der Waals surface area (Å²) in [7, 11) is 0. The summed E-state index contributed by atoms with van der Waals surface area (Å²) < 4.78 is 0. The van der Waals surface area contributed by atoms with Crippen LogP contribution in [0.4, 0.5) is 0 Å². The average Bonchev–Trinajstić information content (AvgIpc) is 2.86. The fraction of sp³-hybridized carbons (Fsp3) is 0.172. The van der Waals surface area contributed by atoms with Crippen LogP contribution in [0.2, 0.25) is 0 Å². The summed E-state index contributed by atoms with van der Waals surface area (Å²) in [5.74, 6) is 0.644. The molecule has 2 N–H and O–H groups in total. The molecule has 0 aliphatic heterocycles. The van der Waals surface area contributed by atoms with Crippen molar-refractivity contribution in [2.24, 2.45) is 0 Å². The SMILES string of the molecule is C.CCc1ccc(-c2ccc(CC)cc2)cc1.I[I-]I.Oc1ccccc1.Oc1ccccc1. The van der Waals surface area contributed by atoms with Gasteiger partial charge < -0.3 is 10.2 Å². The summed E-state index contributed by atoms with van der Waals surface area (Å²) in [6.07, 6.45) is 2.21. The van der Waals surface area contributed by atoms with Crippen LogP contribution in [-0.2, 0) is 12.8 Å². The van der Waals surface area contributed by atoms with Crippen molar-refractivity contribution in [2.75, 3.05) is 0 Å². The van der Waals surface area contributed by atoms with Crippen LogP contribution in [-0.4, -0.2) is 10.2 Å². The number of rotatable bonds is 3. The van der Waals surface area contributed by atoms with Crippen LogP contribution in [0.3, 0.4) is 0 Å². The number of aryl methyl sites for hydroxylation is 2. The first kappa shape index (κ1) is 32.7. The fourth-order valence-electron chi connectivity index (χ4n) is 2.72. The van der Waals surface area contributed by atoms with E-state index in [0.717, 1.165) is 12.8 Å². The third-order valence-electron chi connectivity index (χ3n) is 4.57. The minimum atomic E-state index is 0. The van der Waals surface area contributed by atoms with Crippen molar-refractivity contribution in [2.45, 2.75) is 34.1 Å². The van der Waals surface area contributed by atoms with Crippen LogP contribution in [0.15, 0.2) is 109 Å². The minimum absolute atomic E-state index is 0. The van der Waals surface area contributed by atoms with E-state index in [1.54, 1.807) is 48.5 Å². The first-order chi connectivity index (χ1) is 16.0. The molecule has 0 heterocycles. The topological polar surface area (TPSA) is 40.5 Å². The molecule has 0 saturated heterocycles. The van der Waals surface area contributed by atoms with Gasteiger partial charge in [-0.3, -0.25) is 0 Å². The van der Waals surface area contributed by atoms with Gasteiger partial charge >= 0.3 is 50.5 Å². The van der Waals surface area contributed by atoms with Gasteiger partial charge in [-0.1, -0.05) is 106 Å². The Morgan fingerprint density at radius 3 is 0.971 bits per heavy atom. The van der Waals surface area contributed by atoms with Crippen LogP contribution < -0.4 is 13.3 Å². The molecular weight excluding hydrogens is 761 g/mol. The van der Waals surface area contributed by atoms with Gasteiger partial charge in [-0.15, -0.1) is 0 Å². The van der Waals surface area contributed by atoms with E-state index >= 15 is 0 Å². The smallest absolute Gasteiger partial charge is 0.115 e. The molecule has 0 radical (unpaired) electrons. The Morgan fingerprint density at radius 1 is 0.529 bits per heavy atom. The Morgan fingerprint density at radius 2 is 0.794 bits per heavy atom. The van der Waals surface area contributed by atoms with E-state index in [4.69, 9.17) is 10.2 Å². The molecule has 184 valence electrons. The second kappa shape index (κ2) is 21.0. The van der Waals surface area contributed by atoms with Gasteiger partial charge in [0.1, 0.15) is 11.5 Å². The molecule has 0 bridgehead atoms. The molecule has 0 atom stereocenters. The molecule has 0 fully saturated rings. The van der Waals surface area contributed by atoms with E-state index in [1.165, 1.54) is 22.3 Å². The maximum Gasteiger partial charge on any atom is 0.115 e. The number of phenols is 2. The van der Waals surface area contributed by atoms with Crippen LogP contribution in [0.1, 0.15) is 32.4 Å². The molecule has 34 heavy (non-hydrogen) atoms. The van der Waals surface area contributed by atoms with Crippen molar-refractivity contribution in [1.82, 2.24) is 0 Å². The van der Waals surface area contributed by atoms with E-state index in [9.17, 15) is 0 Å². The van der Waals surface area contributed by atoms with E-state index in [1.807, 2.05) is 12.1 Å². The summed E-state index contributed by atoms with van der Waals surface area (Å²) in [6.45, 7) is 4.37. The molecule has 4 aromatic carbocycles. The van der Waals surface area contributed by atoms with Gasteiger partial charge in [0.25, 0.3) is 0 Å². The zero-order chi connectivity index (χ0) is 24.3. The minimum Gasteiger partial charge on any atom is -0.508 e. The van der Waals surface area contributed by atoms with Crippen molar-refractivity contribution in [3.63, 3.8) is 0 Å². The molecule has 0 unspecified atom stereocenters. The molecule has 0 aliphatic carbocycles. The summed E-state index contributed by atoms with van der Waals surface area (Å²) in [5.41, 5.74) is 5.41. The normalized spacial score (nSPS) is 9.06. The van der Waals surface area contributed by atoms with Crippen LogP contribution in [0.5, 0.6) is 11.5 Å². The quantitative estimate of drug-likeness (QED) is 0.228. The number of hydrogen-bond donors (Lipinski definition) is 2. The van der Waals surface area contributed by atoms with Crippen LogP contribution >= 0.6 is 37.2 Å². The molecule has 0 saturated carbocycles. The van der Waals surface area contributed by atoms with Crippen LogP contribution in [0.25, 0.3) is 11.1 Å². The fourth-order valence-corrected chi connectivity index (χ4v) is 2.72. The van der Waals surface area contributed by atoms with Crippen molar-refractivity contribution in [1.29, 1.82) is 0 Å². The predicted octanol–water partition coefficient (Wildman–Crippen LogP) is 6.67. The number of halogens is 3. The second-order valence-corrected chi connectivity index (χ2v) is 23.1. The van der Waals surface area contributed by atoms with Gasteiger partial charge in [-0.25, -0.2) is 0 Å². The van der Waals surface area contributed by atoms with E-state index in [2.05, 4.69) is 99.6 Å². The Labute approximate surface area is 235 Å². The third-order valence-corrected chi connectivity index (χ3v) is 4.57. The standard InChI is InChI=1S/C16H18.2C6H6O.CH4.I3/c1-3-13-5-9-15(10-6-13)16-11-7-14(4-2)8-12-16;2*7-6-4-2-1-3-5-6;;1-3-2/h5-12H,3-4H2,1-2H3;2*1-5,7H;1H4;/q;;;;-1. The van der Waals surface area contributed by atoms with Gasteiger partial charge in [-0.05, 0) is 59.4 Å². The average molecular weight is 795 g/mol. The van der Waals surface area contributed by atoms with Gasteiger partial charge in [-0.2, -0.15) is 0 Å². The Hall–Kier alpha value is -1.33. The van der Waals surface area contributed by atoms with E-state index in [-0.39, 0.29) is 7.43 Å². The Bertz CT molecular complexity index is 892. The summed E-state index contributed by atoms with van der Waals surface area (Å²) in [4.78, 5) is 0. The van der Waals surface area contributed by atoms with Gasteiger partial charge in [0, 0.05) is 0 Å². The van der Waals surface area contributed by atoms with E-state index in [0.29, 0.717) is 24.8 Å². The number of para-hydroxylation sites is 2. The third kappa shape index (κ3) is 14.8. The summed E-state index contributed by atoms with van der Waals surface area (Å²) in [5, 5.41) is 17.3. The molecular formula is C29H34I3O2-. The number of hydrogen-bond acceptors (Lipinski definition) is 2. The van der Waals surface area contributed by atoms with Crippen molar-refractivity contribution < 1.29 is 23.5 Å². The summed E-state index contributed by atoms with van der Waals surface area (Å²) >= 11 is 5.30. The molecule has 0 aromatic heterocycles. The zero-order valence-electron chi connectivity index (χ0n) is 18.8. The molecule has 0 amide bonds. The number of phenolic OH excluding ortho intramolecular Hbond substituents is 2. The van der Waals surface area contributed by atoms with Crippen molar-refractivity contribution in [3.8, 4) is 22.6 Å². The zero-order valence-corrected chi connectivity index (χ0v) is 25.3. The van der Waals surface area contributed by atoms with Gasteiger partial charge in [0.05, 0.1) is 0 Å². The second-order valence-electron chi connectivity index (χ2n) is 6.83. The largest absolute Gasteiger partial charge is 0.508 e. The molecule has 2 nitrogen and oxygen atoms in total.